The Morgan fingerprint density at radius 1 is 0.909 bits per heavy atom. The Labute approximate surface area is 138 Å². The van der Waals surface area contributed by atoms with Crippen LogP contribution in [0.1, 0.15) is 44.4 Å². The molecule has 3 rings (SSSR count). The molecule has 0 aliphatic heterocycles. The largest absolute Gasteiger partial charge is 0.0843 e. The van der Waals surface area contributed by atoms with Gasteiger partial charge in [-0.15, -0.1) is 0 Å². The van der Waals surface area contributed by atoms with Crippen LogP contribution in [0.4, 0.5) is 0 Å². The first-order valence-corrected chi connectivity index (χ1v) is 8.04. The van der Waals surface area contributed by atoms with Crippen molar-refractivity contribution in [3.05, 3.63) is 87.5 Å². The van der Waals surface area contributed by atoms with Gasteiger partial charge < -0.3 is 0 Å². The van der Waals surface area contributed by atoms with Crippen LogP contribution in [0.5, 0.6) is 0 Å². The Bertz CT molecular complexity index is 770. The average molecular weight is 309 g/mol. The fourth-order valence-electron chi connectivity index (χ4n) is 3.45. The second-order valence-corrected chi connectivity index (χ2v) is 7.09. The number of rotatable bonds is 1. The van der Waals surface area contributed by atoms with E-state index in [2.05, 4.69) is 70.2 Å². The fourth-order valence-corrected chi connectivity index (χ4v) is 3.57. The second kappa shape index (κ2) is 5.44. The maximum atomic E-state index is 6.05. The smallest absolute Gasteiger partial charge is 0.0406 e. The van der Waals surface area contributed by atoms with E-state index in [0.29, 0.717) is 0 Å². The number of halogens is 1. The van der Waals surface area contributed by atoms with Gasteiger partial charge in [0.05, 0.1) is 0 Å². The van der Waals surface area contributed by atoms with Crippen molar-refractivity contribution < 1.29 is 0 Å². The van der Waals surface area contributed by atoms with Gasteiger partial charge in [0.25, 0.3) is 0 Å². The van der Waals surface area contributed by atoms with E-state index in [4.69, 9.17) is 11.6 Å². The predicted molar refractivity (Wildman–Crippen MR) is 96.4 cm³/mol. The number of hydrogen-bond acceptors (Lipinski definition) is 0. The zero-order valence-corrected chi connectivity index (χ0v) is 14.3. The number of benzene rings is 2. The van der Waals surface area contributed by atoms with Gasteiger partial charge in [-0.2, -0.15) is 0 Å². The van der Waals surface area contributed by atoms with Crippen LogP contribution in [-0.2, 0) is 5.41 Å². The molecule has 0 N–H and O–H groups in total. The molecule has 0 heterocycles. The Kier molecular flexibility index (Phi) is 3.74. The maximum absolute atomic E-state index is 6.05. The molecule has 0 fully saturated rings. The molecule has 0 spiro atoms. The predicted octanol–water partition coefficient (Wildman–Crippen LogP) is 6.40. The van der Waals surface area contributed by atoms with Crippen LogP contribution < -0.4 is 0 Å². The first-order valence-electron chi connectivity index (χ1n) is 7.67. The zero-order chi connectivity index (χ0) is 15.9. The van der Waals surface area contributed by atoms with E-state index in [0.717, 1.165) is 5.02 Å². The summed E-state index contributed by atoms with van der Waals surface area (Å²) >= 11 is 6.05. The summed E-state index contributed by atoms with van der Waals surface area (Å²) in [5.74, 6) is 0. The Balaban J connectivity index is 2.29. The third-order valence-corrected chi connectivity index (χ3v) is 4.80. The van der Waals surface area contributed by atoms with Gasteiger partial charge in [-0.05, 0) is 59.9 Å². The Morgan fingerprint density at radius 3 is 2.18 bits per heavy atom. The highest BCUT2D eigenvalue weighted by molar-refractivity contribution is 6.30. The lowest BCUT2D eigenvalue weighted by molar-refractivity contribution is 0.625. The first kappa shape index (κ1) is 15.1. The molecule has 2 aromatic rings. The number of hydrogen-bond donors (Lipinski definition) is 0. The summed E-state index contributed by atoms with van der Waals surface area (Å²) in [6.45, 7) is 9.01. The second-order valence-electron chi connectivity index (χ2n) is 6.65. The van der Waals surface area contributed by atoms with E-state index < -0.39 is 0 Å². The lowest BCUT2D eigenvalue weighted by Gasteiger charge is -2.36. The lowest BCUT2D eigenvalue weighted by Crippen LogP contribution is -2.25. The minimum atomic E-state index is 0.0331. The fraction of sp³-hybridized carbons (Fsp3) is 0.238. The molecular weight excluding hydrogens is 288 g/mol. The van der Waals surface area contributed by atoms with Crippen LogP contribution in [0.15, 0.2) is 65.8 Å². The molecule has 0 nitrogen and oxygen atoms in total. The van der Waals surface area contributed by atoms with Crippen LogP contribution in [-0.4, -0.2) is 0 Å². The van der Waals surface area contributed by atoms with Gasteiger partial charge in [0.2, 0.25) is 0 Å². The van der Waals surface area contributed by atoms with E-state index in [1.807, 2.05) is 12.1 Å². The Morgan fingerprint density at radius 2 is 1.55 bits per heavy atom. The molecule has 0 amide bonds. The molecule has 0 unspecified atom stereocenters. The van der Waals surface area contributed by atoms with Crippen molar-refractivity contribution in [3.8, 4) is 0 Å². The molecule has 0 bridgehead atoms. The molecule has 1 aliphatic rings. The third-order valence-electron chi connectivity index (χ3n) is 4.55. The molecular formula is C21H21Cl. The summed E-state index contributed by atoms with van der Waals surface area (Å²) in [4.78, 5) is 0. The number of fused-ring (bicyclic) bond motifs is 1. The van der Waals surface area contributed by atoms with E-state index in [-0.39, 0.29) is 5.41 Å². The van der Waals surface area contributed by atoms with E-state index in [1.54, 1.807) is 0 Å². The molecule has 1 aliphatic carbocycles. The molecule has 1 heteroatoms. The van der Waals surface area contributed by atoms with Gasteiger partial charge in [-0.3, -0.25) is 0 Å². The van der Waals surface area contributed by atoms with Gasteiger partial charge in [0.15, 0.2) is 0 Å². The first-order chi connectivity index (χ1) is 10.4. The molecule has 22 heavy (non-hydrogen) atoms. The van der Waals surface area contributed by atoms with Gasteiger partial charge >= 0.3 is 0 Å². The minimum absolute atomic E-state index is 0.0331. The van der Waals surface area contributed by atoms with E-state index in [9.17, 15) is 0 Å². The normalized spacial score (nSPS) is 16.0. The molecule has 2 aromatic carbocycles. The monoisotopic (exact) mass is 308 g/mol. The van der Waals surface area contributed by atoms with Gasteiger partial charge in [0.1, 0.15) is 0 Å². The van der Waals surface area contributed by atoms with Crippen molar-refractivity contribution in [2.45, 2.75) is 33.1 Å². The summed E-state index contributed by atoms with van der Waals surface area (Å²) in [5.41, 5.74) is 8.00. The Hall–Kier alpha value is -1.79. The highest BCUT2D eigenvalue weighted by atomic mass is 35.5. The minimum Gasteiger partial charge on any atom is -0.0843 e. The molecule has 0 atom stereocenters. The molecule has 112 valence electrons. The van der Waals surface area contributed by atoms with Gasteiger partial charge in [-0.25, -0.2) is 0 Å². The van der Waals surface area contributed by atoms with Crippen LogP contribution in [0.25, 0.3) is 5.57 Å². The summed E-state index contributed by atoms with van der Waals surface area (Å²) < 4.78 is 0. The summed E-state index contributed by atoms with van der Waals surface area (Å²) in [6.07, 6.45) is 2.35. The van der Waals surface area contributed by atoms with Gasteiger partial charge in [-0.1, -0.05) is 67.4 Å². The zero-order valence-electron chi connectivity index (χ0n) is 13.6. The standard InChI is InChI=1S/C21H21Cl/c1-14(2)20-13-18(15-9-11-16(22)12-10-15)17-7-5-6-8-19(17)21(20,3)4/h5-13H,1-4H3. The van der Waals surface area contributed by atoms with Crippen molar-refractivity contribution in [1.29, 1.82) is 0 Å². The van der Waals surface area contributed by atoms with Crippen LogP contribution >= 0.6 is 11.6 Å². The van der Waals surface area contributed by atoms with E-state index >= 15 is 0 Å². The average Bonchev–Trinajstić information content (AvgIpc) is 2.48. The quantitative estimate of drug-likeness (QED) is 0.572. The van der Waals surface area contributed by atoms with Crippen molar-refractivity contribution in [1.82, 2.24) is 0 Å². The molecule has 0 aromatic heterocycles. The van der Waals surface area contributed by atoms with Crippen LogP contribution in [0.2, 0.25) is 5.02 Å². The highest BCUT2D eigenvalue weighted by Gasteiger charge is 2.32. The van der Waals surface area contributed by atoms with Crippen molar-refractivity contribution >= 4 is 17.2 Å². The lowest BCUT2D eigenvalue weighted by atomic mass is 9.68. The van der Waals surface area contributed by atoms with Crippen LogP contribution in [0.3, 0.4) is 0 Å². The SMILES string of the molecule is CC(C)=C1C=C(c2ccc(Cl)cc2)c2ccccc2C1(C)C. The molecule has 0 radical (unpaired) electrons. The van der Waals surface area contributed by atoms with Crippen molar-refractivity contribution in [2.24, 2.45) is 0 Å². The summed E-state index contributed by atoms with van der Waals surface area (Å²) in [5, 5.41) is 0.774. The van der Waals surface area contributed by atoms with Crippen molar-refractivity contribution in [3.63, 3.8) is 0 Å². The maximum Gasteiger partial charge on any atom is 0.0406 e. The van der Waals surface area contributed by atoms with Crippen LogP contribution in [0, 0.1) is 0 Å². The summed E-state index contributed by atoms with van der Waals surface area (Å²) in [6, 6.07) is 16.9. The highest BCUT2D eigenvalue weighted by Crippen LogP contribution is 2.45. The summed E-state index contributed by atoms with van der Waals surface area (Å²) in [7, 11) is 0. The molecule has 0 saturated heterocycles. The number of allylic oxidation sites excluding steroid dienone is 3. The topological polar surface area (TPSA) is 0 Å². The molecule has 0 saturated carbocycles. The third kappa shape index (κ3) is 2.42. The van der Waals surface area contributed by atoms with Gasteiger partial charge in [0, 0.05) is 10.4 Å². The van der Waals surface area contributed by atoms with Crippen molar-refractivity contribution in [2.75, 3.05) is 0 Å². The van der Waals surface area contributed by atoms with E-state index in [1.165, 1.54) is 33.4 Å².